The van der Waals surface area contributed by atoms with Crippen molar-refractivity contribution < 1.29 is 5.11 Å². The van der Waals surface area contributed by atoms with Crippen molar-refractivity contribution in [3.8, 4) is 0 Å². The first-order valence-electron chi connectivity index (χ1n) is 5.53. The van der Waals surface area contributed by atoms with Crippen LogP contribution in [0.4, 0.5) is 0 Å². The number of hydrogen-bond donors (Lipinski definition) is 1. The second-order valence-corrected chi connectivity index (χ2v) is 4.41. The van der Waals surface area contributed by atoms with Gasteiger partial charge in [-0.3, -0.25) is 0 Å². The Balaban J connectivity index is 0.000000921. The van der Waals surface area contributed by atoms with E-state index < -0.39 is 0 Å². The minimum Gasteiger partial charge on any atom is -0.388 e. The molecule has 0 saturated carbocycles. The number of rotatable bonds is 2. The first kappa shape index (κ1) is 14.6. The molecular formula is C13H23OP. The zero-order valence-corrected chi connectivity index (χ0v) is 11.5. The zero-order chi connectivity index (χ0) is 12.0. The lowest BCUT2D eigenvalue weighted by Crippen LogP contribution is -2.21. The molecule has 0 heterocycles. The Morgan fingerprint density at radius 1 is 1.47 bits per heavy atom. The van der Waals surface area contributed by atoms with Crippen molar-refractivity contribution in [1.82, 2.24) is 0 Å². The third-order valence-electron chi connectivity index (χ3n) is 2.70. The molecule has 1 aliphatic rings. The SMILES string of the molecule is C=CC1=CC(O)C(C)C(C)=C1PC.CC. The zero-order valence-electron chi connectivity index (χ0n) is 10.5. The molecule has 86 valence electrons. The van der Waals surface area contributed by atoms with Gasteiger partial charge in [0.05, 0.1) is 6.10 Å². The Hall–Kier alpha value is -0.390. The highest BCUT2D eigenvalue weighted by Crippen LogP contribution is 2.38. The summed E-state index contributed by atoms with van der Waals surface area (Å²) in [5.41, 5.74) is 2.43. The monoisotopic (exact) mass is 226 g/mol. The molecule has 1 nitrogen and oxygen atoms in total. The maximum atomic E-state index is 9.71. The van der Waals surface area contributed by atoms with Gasteiger partial charge < -0.3 is 5.11 Å². The lowest BCUT2D eigenvalue weighted by molar-refractivity contribution is 0.177. The van der Waals surface area contributed by atoms with Crippen LogP contribution < -0.4 is 0 Å². The molecule has 0 aromatic carbocycles. The van der Waals surface area contributed by atoms with Crippen molar-refractivity contribution in [3.05, 3.63) is 35.2 Å². The summed E-state index contributed by atoms with van der Waals surface area (Å²) in [5.74, 6) is 0.256. The highest BCUT2D eigenvalue weighted by Gasteiger charge is 2.22. The van der Waals surface area contributed by atoms with Gasteiger partial charge in [0.2, 0.25) is 0 Å². The highest BCUT2D eigenvalue weighted by molar-refractivity contribution is 7.42. The summed E-state index contributed by atoms with van der Waals surface area (Å²) >= 11 is 0. The van der Waals surface area contributed by atoms with Crippen LogP contribution in [0.2, 0.25) is 0 Å². The Kier molecular flexibility index (Phi) is 6.80. The molecule has 0 fully saturated rings. The van der Waals surface area contributed by atoms with E-state index in [4.69, 9.17) is 0 Å². The lowest BCUT2D eigenvalue weighted by Gasteiger charge is -2.26. The fraction of sp³-hybridized carbons (Fsp3) is 0.538. The Morgan fingerprint density at radius 3 is 2.40 bits per heavy atom. The largest absolute Gasteiger partial charge is 0.388 e. The van der Waals surface area contributed by atoms with Crippen LogP contribution in [-0.2, 0) is 0 Å². The number of hydrogen-bond acceptors (Lipinski definition) is 1. The van der Waals surface area contributed by atoms with Crippen LogP contribution in [0.25, 0.3) is 0 Å². The molecule has 0 aromatic heterocycles. The predicted octanol–water partition coefficient (Wildman–Crippen LogP) is 3.72. The second-order valence-electron chi connectivity index (χ2n) is 3.41. The van der Waals surface area contributed by atoms with Crippen LogP contribution in [0, 0.1) is 5.92 Å². The molecule has 3 unspecified atom stereocenters. The predicted molar refractivity (Wildman–Crippen MR) is 71.7 cm³/mol. The Bertz CT molecular complexity index is 276. The van der Waals surface area contributed by atoms with E-state index in [1.54, 1.807) is 0 Å². The van der Waals surface area contributed by atoms with Crippen molar-refractivity contribution >= 4 is 8.58 Å². The molecule has 1 aliphatic carbocycles. The van der Waals surface area contributed by atoms with Crippen molar-refractivity contribution in [3.63, 3.8) is 0 Å². The Morgan fingerprint density at radius 2 is 2.00 bits per heavy atom. The molecule has 0 spiro atoms. The maximum Gasteiger partial charge on any atom is 0.0792 e. The summed E-state index contributed by atoms with van der Waals surface area (Å²) in [6.45, 7) is 14.1. The maximum absolute atomic E-state index is 9.71. The van der Waals surface area contributed by atoms with Gasteiger partial charge in [-0.2, -0.15) is 0 Å². The summed E-state index contributed by atoms with van der Waals surface area (Å²) in [6.07, 6.45) is 3.41. The van der Waals surface area contributed by atoms with E-state index in [0.29, 0.717) is 0 Å². The highest BCUT2D eigenvalue weighted by atomic mass is 31.1. The minimum atomic E-state index is -0.340. The quantitative estimate of drug-likeness (QED) is 0.711. The smallest absolute Gasteiger partial charge is 0.0792 e. The van der Waals surface area contributed by atoms with Gasteiger partial charge in [-0.15, -0.1) is 0 Å². The normalized spacial score (nSPS) is 26.1. The molecule has 15 heavy (non-hydrogen) atoms. The molecule has 3 atom stereocenters. The summed E-state index contributed by atoms with van der Waals surface area (Å²) < 4.78 is 0. The molecule has 0 saturated heterocycles. The third kappa shape index (κ3) is 3.29. The van der Waals surface area contributed by atoms with Gasteiger partial charge in [0.15, 0.2) is 0 Å². The van der Waals surface area contributed by atoms with Crippen LogP contribution in [0.15, 0.2) is 35.2 Å². The van der Waals surface area contributed by atoms with E-state index in [1.807, 2.05) is 26.0 Å². The van der Waals surface area contributed by atoms with E-state index in [2.05, 4.69) is 27.1 Å². The minimum absolute atomic E-state index is 0.256. The third-order valence-corrected chi connectivity index (χ3v) is 3.88. The summed E-state index contributed by atoms with van der Waals surface area (Å²) in [7, 11) is 0.779. The van der Waals surface area contributed by atoms with Crippen LogP contribution in [0.1, 0.15) is 27.7 Å². The molecule has 0 amide bonds. The molecular weight excluding hydrogens is 203 g/mol. The Labute approximate surface area is 95.8 Å². The topological polar surface area (TPSA) is 20.2 Å². The van der Waals surface area contributed by atoms with Crippen LogP contribution >= 0.6 is 8.58 Å². The number of aliphatic hydroxyl groups is 1. The van der Waals surface area contributed by atoms with Gasteiger partial charge in [-0.25, -0.2) is 0 Å². The van der Waals surface area contributed by atoms with Gasteiger partial charge in [-0.1, -0.05) is 47.6 Å². The lowest BCUT2D eigenvalue weighted by atomic mass is 9.88. The van der Waals surface area contributed by atoms with Gasteiger partial charge in [-0.05, 0) is 30.6 Å². The van der Waals surface area contributed by atoms with Crippen molar-refractivity contribution in [2.45, 2.75) is 33.8 Å². The molecule has 0 aromatic rings. The fourth-order valence-corrected chi connectivity index (χ4v) is 2.73. The molecule has 0 bridgehead atoms. The van der Waals surface area contributed by atoms with Crippen LogP contribution in [0.5, 0.6) is 0 Å². The van der Waals surface area contributed by atoms with Crippen molar-refractivity contribution in [2.24, 2.45) is 5.92 Å². The summed E-state index contributed by atoms with van der Waals surface area (Å²) in [6, 6.07) is 0. The van der Waals surface area contributed by atoms with Gasteiger partial charge in [0.1, 0.15) is 0 Å². The van der Waals surface area contributed by atoms with Gasteiger partial charge >= 0.3 is 0 Å². The summed E-state index contributed by atoms with van der Waals surface area (Å²) in [4.78, 5) is 0. The van der Waals surface area contributed by atoms with Crippen LogP contribution in [-0.4, -0.2) is 17.9 Å². The van der Waals surface area contributed by atoms with E-state index in [9.17, 15) is 5.11 Å². The average molecular weight is 226 g/mol. The van der Waals surface area contributed by atoms with E-state index in [-0.39, 0.29) is 12.0 Å². The van der Waals surface area contributed by atoms with Crippen LogP contribution in [0.3, 0.4) is 0 Å². The van der Waals surface area contributed by atoms with E-state index in [1.165, 1.54) is 10.9 Å². The van der Waals surface area contributed by atoms with Gasteiger partial charge in [0, 0.05) is 5.92 Å². The molecule has 1 N–H and O–H groups in total. The molecule has 2 heteroatoms. The molecule has 1 rings (SSSR count). The number of aliphatic hydroxyl groups excluding tert-OH is 1. The first-order chi connectivity index (χ1) is 7.11. The fourth-order valence-electron chi connectivity index (χ4n) is 1.63. The van der Waals surface area contributed by atoms with E-state index in [0.717, 1.165) is 14.2 Å². The van der Waals surface area contributed by atoms with E-state index >= 15 is 0 Å². The molecule has 0 aliphatic heterocycles. The first-order valence-corrected chi connectivity index (χ1v) is 7.03. The average Bonchev–Trinajstić information content (AvgIpc) is 2.28. The second kappa shape index (κ2) is 6.98. The van der Waals surface area contributed by atoms with Crippen molar-refractivity contribution in [1.29, 1.82) is 0 Å². The number of allylic oxidation sites excluding steroid dienone is 3. The standard InChI is InChI=1S/C11H17OP.C2H6/c1-5-9-6-10(12)7(2)8(3)11(9)13-4;1-2/h5-7,10,12-13H,1H2,2-4H3;1-2H3. The molecule has 0 radical (unpaired) electrons. The van der Waals surface area contributed by atoms with Crippen molar-refractivity contribution in [2.75, 3.05) is 6.66 Å². The summed E-state index contributed by atoms with van der Waals surface area (Å²) in [5, 5.41) is 11.1. The van der Waals surface area contributed by atoms with Gasteiger partial charge in [0.25, 0.3) is 0 Å².